The van der Waals surface area contributed by atoms with E-state index in [0.717, 1.165) is 25.7 Å². The Hall–Kier alpha value is -0.570. The molecule has 1 aliphatic carbocycles. The molecule has 14 heavy (non-hydrogen) atoms. The van der Waals surface area contributed by atoms with Crippen LogP contribution in [0.4, 0.5) is 0 Å². The topological polar surface area (TPSA) is 46.3 Å². The van der Waals surface area contributed by atoms with Crippen LogP contribution in [0.25, 0.3) is 0 Å². The standard InChI is InChI=1S/C11H22N2O/c1-3-6-10(12)11(14)13(2)9-7-4-5-8-9/h9-10H,3-8,12H2,1-2H3/t10-/m1/s1. The zero-order valence-corrected chi connectivity index (χ0v) is 9.33. The fourth-order valence-corrected chi connectivity index (χ4v) is 2.17. The van der Waals surface area contributed by atoms with Gasteiger partial charge in [-0.1, -0.05) is 26.2 Å². The third kappa shape index (κ3) is 2.71. The zero-order chi connectivity index (χ0) is 10.6. The van der Waals surface area contributed by atoms with E-state index in [0.29, 0.717) is 6.04 Å². The summed E-state index contributed by atoms with van der Waals surface area (Å²) in [5, 5.41) is 0. The molecular weight excluding hydrogens is 176 g/mol. The highest BCUT2D eigenvalue weighted by Crippen LogP contribution is 2.22. The fourth-order valence-electron chi connectivity index (χ4n) is 2.17. The van der Waals surface area contributed by atoms with E-state index >= 15 is 0 Å². The second-order valence-electron chi connectivity index (χ2n) is 4.28. The van der Waals surface area contributed by atoms with Gasteiger partial charge in [-0.15, -0.1) is 0 Å². The summed E-state index contributed by atoms with van der Waals surface area (Å²) in [4.78, 5) is 13.7. The Labute approximate surface area is 86.6 Å². The van der Waals surface area contributed by atoms with E-state index in [1.807, 2.05) is 11.9 Å². The minimum Gasteiger partial charge on any atom is -0.341 e. The Bertz CT molecular complexity index is 188. The lowest BCUT2D eigenvalue weighted by Crippen LogP contribution is -2.45. The molecule has 1 saturated carbocycles. The highest BCUT2D eigenvalue weighted by molar-refractivity contribution is 5.81. The van der Waals surface area contributed by atoms with Crippen LogP contribution in [0.3, 0.4) is 0 Å². The third-order valence-electron chi connectivity index (χ3n) is 3.14. The van der Waals surface area contributed by atoms with E-state index < -0.39 is 0 Å². The quantitative estimate of drug-likeness (QED) is 0.744. The van der Waals surface area contributed by atoms with E-state index in [9.17, 15) is 4.79 Å². The second-order valence-corrected chi connectivity index (χ2v) is 4.28. The molecule has 0 bridgehead atoms. The number of carbonyl (C=O) groups excluding carboxylic acids is 1. The highest BCUT2D eigenvalue weighted by Gasteiger charge is 2.26. The smallest absolute Gasteiger partial charge is 0.239 e. The van der Waals surface area contributed by atoms with Crippen LogP contribution in [0.5, 0.6) is 0 Å². The molecule has 0 aromatic carbocycles. The van der Waals surface area contributed by atoms with Crippen LogP contribution in [0.2, 0.25) is 0 Å². The zero-order valence-electron chi connectivity index (χ0n) is 9.33. The predicted molar refractivity (Wildman–Crippen MR) is 57.9 cm³/mol. The van der Waals surface area contributed by atoms with Crippen molar-refractivity contribution in [3.8, 4) is 0 Å². The second kappa shape index (κ2) is 5.35. The van der Waals surface area contributed by atoms with Gasteiger partial charge in [-0.25, -0.2) is 0 Å². The van der Waals surface area contributed by atoms with Crippen LogP contribution >= 0.6 is 0 Å². The van der Waals surface area contributed by atoms with Gasteiger partial charge in [-0.2, -0.15) is 0 Å². The average Bonchev–Trinajstić information content (AvgIpc) is 2.68. The molecule has 3 heteroatoms. The van der Waals surface area contributed by atoms with Gasteiger partial charge in [-0.3, -0.25) is 4.79 Å². The molecule has 1 atom stereocenters. The molecule has 1 rings (SSSR count). The number of nitrogens with two attached hydrogens (primary N) is 1. The Morgan fingerprint density at radius 2 is 2.07 bits per heavy atom. The number of likely N-dealkylation sites (N-methyl/N-ethyl adjacent to an activating group) is 1. The first-order valence-corrected chi connectivity index (χ1v) is 5.69. The van der Waals surface area contributed by atoms with Crippen molar-refractivity contribution in [2.45, 2.75) is 57.5 Å². The van der Waals surface area contributed by atoms with Gasteiger partial charge >= 0.3 is 0 Å². The predicted octanol–water partition coefficient (Wildman–Crippen LogP) is 1.51. The molecule has 0 heterocycles. The minimum absolute atomic E-state index is 0.124. The van der Waals surface area contributed by atoms with Crippen LogP contribution in [-0.2, 0) is 4.79 Å². The summed E-state index contributed by atoms with van der Waals surface area (Å²) < 4.78 is 0. The van der Waals surface area contributed by atoms with Crippen molar-refractivity contribution in [1.29, 1.82) is 0 Å². The summed E-state index contributed by atoms with van der Waals surface area (Å²) in [5.74, 6) is 0.124. The van der Waals surface area contributed by atoms with Crippen molar-refractivity contribution in [2.75, 3.05) is 7.05 Å². The molecular formula is C11H22N2O. The van der Waals surface area contributed by atoms with Crippen molar-refractivity contribution in [2.24, 2.45) is 5.73 Å². The number of rotatable bonds is 4. The first kappa shape index (κ1) is 11.5. The molecule has 1 aliphatic rings. The molecule has 0 aromatic rings. The SMILES string of the molecule is CCC[C@@H](N)C(=O)N(C)C1CCCC1. The van der Waals surface area contributed by atoms with Crippen molar-refractivity contribution in [1.82, 2.24) is 4.90 Å². The van der Waals surface area contributed by atoms with Crippen LogP contribution in [0.1, 0.15) is 45.4 Å². The first-order chi connectivity index (χ1) is 6.66. The maximum absolute atomic E-state index is 11.8. The number of hydrogen-bond donors (Lipinski definition) is 1. The molecule has 0 aromatic heterocycles. The molecule has 0 saturated heterocycles. The molecule has 0 radical (unpaired) electrons. The average molecular weight is 198 g/mol. The van der Waals surface area contributed by atoms with Crippen molar-refractivity contribution >= 4 is 5.91 Å². The van der Waals surface area contributed by atoms with E-state index in [4.69, 9.17) is 5.73 Å². The molecule has 1 fully saturated rings. The summed E-state index contributed by atoms with van der Waals surface area (Å²) in [7, 11) is 1.90. The Morgan fingerprint density at radius 3 is 2.57 bits per heavy atom. The number of carbonyl (C=O) groups is 1. The lowest BCUT2D eigenvalue weighted by molar-refractivity contribution is -0.133. The summed E-state index contributed by atoms with van der Waals surface area (Å²) in [6, 6.07) is 0.163. The van der Waals surface area contributed by atoms with Crippen LogP contribution < -0.4 is 5.73 Å². The van der Waals surface area contributed by atoms with Gasteiger partial charge in [0, 0.05) is 13.1 Å². The summed E-state index contributed by atoms with van der Waals surface area (Å²) in [6.45, 7) is 2.06. The van der Waals surface area contributed by atoms with Gasteiger partial charge in [0.25, 0.3) is 0 Å². The third-order valence-corrected chi connectivity index (χ3v) is 3.14. The number of hydrogen-bond acceptors (Lipinski definition) is 2. The van der Waals surface area contributed by atoms with E-state index in [2.05, 4.69) is 6.92 Å². The molecule has 0 unspecified atom stereocenters. The molecule has 1 amide bonds. The molecule has 0 aliphatic heterocycles. The lowest BCUT2D eigenvalue weighted by Gasteiger charge is -2.27. The van der Waals surface area contributed by atoms with Crippen molar-refractivity contribution in [3.05, 3.63) is 0 Å². The maximum atomic E-state index is 11.8. The first-order valence-electron chi connectivity index (χ1n) is 5.69. The number of nitrogens with zero attached hydrogens (tertiary/aromatic N) is 1. The largest absolute Gasteiger partial charge is 0.341 e. The minimum atomic E-state index is -0.286. The van der Waals surface area contributed by atoms with Crippen molar-refractivity contribution < 1.29 is 4.79 Å². The van der Waals surface area contributed by atoms with Crippen LogP contribution in [-0.4, -0.2) is 29.9 Å². The Kier molecular flexibility index (Phi) is 4.39. The summed E-state index contributed by atoms with van der Waals surface area (Å²) >= 11 is 0. The summed E-state index contributed by atoms with van der Waals surface area (Å²) in [6.07, 6.45) is 6.60. The summed E-state index contributed by atoms with van der Waals surface area (Å²) in [5.41, 5.74) is 5.81. The molecule has 82 valence electrons. The lowest BCUT2D eigenvalue weighted by atomic mass is 10.1. The highest BCUT2D eigenvalue weighted by atomic mass is 16.2. The van der Waals surface area contributed by atoms with Gasteiger partial charge in [-0.05, 0) is 19.3 Å². The van der Waals surface area contributed by atoms with Gasteiger partial charge in [0.1, 0.15) is 0 Å². The molecule has 0 spiro atoms. The van der Waals surface area contributed by atoms with E-state index in [-0.39, 0.29) is 11.9 Å². The normalized spacial score (nSPS) is 19.6. The van der Waals surface area contributed by atoms with E-state index in [1.54, 1.807) is 0 Å². The van der Waals surface area contributed by atoms with Crippen LogP contribution in [0.15, 0.2) is 0 Å². The van der Waals surface area contributed by atoms with Gasteiger partial charge in [0.05, 0.1) is 6.04 Å². The maximum Gasteiger partial charge on any atom is 0.239 e. The monoisotopic (exact) mass is 198 g/mol. The molecule has 3 nitrogen and oxygen atoms in total. The van der Waals surface area contributed by atoms with Gasteiger partial charge < -0.3 is 10.6 Å². The number of amides is 1. The Morgan fingerprint density at radius 1 is 1.50 bits per heavy atom. The van der Waals surface area contributed by atoms with E-state index in [1.165, 1.54) is 12.8 Å². The molecule has 2 N–H and O–H groups in total. The Balaban J connectivity index is 2.42. The van der Waals surface area contributed by atoms with Gasteiger partial charge in [0.2, 0.25) is 5.91 Å². The van der Waals surface area contributed by atoms with Crippen molar-refractivity contribution in [3.63, 3.8) is 0 Å². The fraction of sp³-hybridized carbons (Fsp3) is 0.909. The van der Waals surface area contributed by atoms with Gasteiger partial charge in [0.15, 0.2) is 0 Å². The van der Waals surface area contributed by atoms with Crippen LogP contribution in [0, 0.1) is 0 Å².